The number of nitrogens with one attached hydrogen (secondary N) is 1. The number of fused-ring (bicyclic) bond motifs is 1. The Bertz CT molecular complexity index is 404. The van der Waals surface area contributed by atoms with E-state index in [4.69, 9.17) is 0 Å². The van der Waals surface area contributed by atoms with Crippen molar-refractivity contribution in [3.63, 3.8) is 0 Å². The van der Waals surface area contributed by atoms with E-state index < -0.39 is 0 Å². The van der Waals surface area contributed by atoms with E-state index >= 15 is 0 Å². The van der Waals surface area contributed by atoms with Gasteiger partial charge in [-0.25, -0.2) is 0 Å². The van der Waals surface area contributed by atoms with E-state index in [0.717, 1.165) is 24.3 Å². The summed E-state index contributed by atoms with van der Waals surface area (Å²) < 4.78 is 0. The second-order valence-electron chi connectivity index (χ2n) is 6.94. The zero-order chi connectivity index (χ0) is 14.6. The van der Waals surface area contributed by atoms with Crippen LogP contribution >= 0.6 is 11.8 Å². The summed E-state index contributed by atoms with van der Waals surface area (Å²) in [4.78, 5) is 1.51. The third-order valence-electron chi connectivity index (χ3n) is 4.39. The zero-order valence-corrected chi connectivity index (χ0v) is 14.2. The van der Waals surface area contributed by atoms with Crippen molar-refractivity contribution in [3.8, 4) is 0 Å². The van der Waals surface area contributed by atoms with Crippen molar-refractivity contribution in [2.24, 2.45) is 11.3 Å². The molecular formula is C18H29NS. The molecule has 0 spiro atoms. The van der Waals surface area contributed by atoms with Gasteiger partial charge in [-0.15, -0.1) is 11.8 Å². The van der Waals surface area contributed by atoms with Crippen LogP contribution in [0.4, 0.5) is 0 Å². The second-order valence-corrected chi connectivity index (χ2v) is 8.29. The summed E-state index contributed by atoms with van der Waals surface area (Å²) in [6.07, 6.45) is 3.82. The first-order chi connectivity index (χ1) is 9.52. The summed E-state index contributed by atoms with van der Waals surface area (Å²) in [5.41, 5.74) is 1.98. The van der Waals surface area contributed by atoms with Crippen molar-refractivity contribution in [1.29, 1.82) is 0 Å². The Morgan fingerprint density at radius 2 is 2.10 bits per heavy atom. The Kier molecular flexibility index (Phi) is 5.57. The van der Waals surface area contributed by atoms with Gasteiger partial charge in [0.25, 0.3) is 0 Å². The summed E-state index contributed by atoms with van der Waals surface area (Å²) in [5, 5.41) is 4.42. The first kappa shape index (κ1) is 15.9. The van der Waals surface area contributed by atoms with E-state index in [1.165, 1.54) is 24.2 Å². The third-order valence-corrected chi connectivity index (χ3v) is 5.71. The Hall–Kier alpha value is -0.470. The first-order valence-corrected chi connectivity index (χ1v) is 8.85. The lowest BCUT2D eigenvalue weighted by atomic mass is 9.81. The van der Waals surface area contributed by atoms with Crippen LogP contribution in [0, 0.1) is 11.3 Å². The van der Waals surface area contributed by atoms with E-state index in [9.17, 15) is 0 Å². The largest absolute Gasteiger partial charge is 0.316 e. The smallest absolute Gasteiger partial charge is 0.0141 e. The average Bonchev–Trinajstić information content (AvgIpc) is 2.80. The molecule has 0 fully saturated rings. The highest BCUT2D eigenvalue weighted by Gasteiger charge is 2.30. The lowest BCUT2D eigenvalue weighted by Gasteiger charge is -2.31. The van der Waals surface area contributed by atoms with Gasteiger partial charge in [-0.1, -0.05) is 45.9 Å². The molecule has 0 saturated carbocycles. The van der Waals surface area contributed by atoms with Crippen LogP contribution in [0.2, 0.25) is 0 Å². The van der Waals surface area contributed by atoms with Crippen LogP contribution in [0.3, 0.4) is 0 Å². The highest BCUT2D eigenvalue weighted by molar-refractivity contribution is 8.00. The first-order valence-electron chi connectivity index (χ1n) is 7.98. The predicted octanol–water partition coefficient (Wildman–Crippen LogP) is 4.76. The second kappa shape index (κ2) is 7.00. The van der Waals surface area contributed by atoms with Crippen LogP contribution in [0.25, 0.3) is 0 Å². The number of rotatable bonds is 7. The molecule has 1 aromatic rings. The number of hydrogen-bond donors (Lipinski definition) is 1. The molecule has 2 rings (SSSR count). The minimum Gasteiger partial charge on any atom is -0.316 e. The van der Waals surface area contributed by atoms with Gasteiger partial charge in [0.1, 0.15) is 0 Å². The molecule has 1 aromatic carbocycles. The summed E-state index contributed by atoms with van der Waals surface area (Å²) >= 11 is 2.09. The topological polar surface area (TPSA) is 12.0 Å². The minimum atomic E-state index is 0.425. The number of hydrogen-bond acceptors (Lipinski definition) is 2. The quantitative estimate of drug-likeness (QED) is 0.777. The molecule has 20 heavy (non-hydrogen) atoms. The molecule has 2 heteroatoms. The fraction of sp³-hybridized carbons (Fsp3) is 0.667. The lowest BCUT2D eigenvalue weighted by molar-refractivity contribution is 0.263. The summed E-state index contributed by atoms with van der Waals surface area (Å²) in [7, 11) is 0. The van der Waals surface area contributed by atoms with Gasteiger partial charge in [-0.3, -0.25) is 0 Å². The molecule has 1 aliphatic rings. The maximum Gasteiger partial charge on any atom is 0.0141 e. The van der Waals surface area contributed by atoms with Gasteiger partial charge in [-0.2, -0.15) is 0 Å². The van der Waals surface area contributed by atoms with Gasteiger partial charge >= 0.3 is 0 Å². The van der Waals surface area contributed by atoms with Crippen LogP contribution in [-0.2, 0) is 6.42 Å². The molecule has 0 bridgehead atoms. The molecule has 1 heterocycles. The Morgan fingerprint density at radius 1 is 1.35 bits per heavy atom. The third kappa shape index (κ3) is 4.26. The standard InChI is InChI=1S/C18H29NS/c1-5-18(4,13-19-12-14(2)3)11-16-10-15-8-6-7-9-17(15)20-16/h6-9,14,16,19H,5,10-13H2,1-4H3. The van der Waals surface area contributed by atoms with Crippen LogP contribution in [0.5, 0.6) is 0 Å². The molecule has 0 amide bonds. The molecular weight excluding hydrogens is 262 g/mol. The zero-order valence-electron chi connectivity index (χ0n) is 13.4. The fourth-order valence-corrected chi connectivity index (χ4v) is 4.49. The highest BCUT2D eigenvalue weighted by atomic mass is 32.2. The van der Waals surface area contributed by atoms with E-state index in [1.54, 1.807) is 5.56 Å². The molecule has 0 saturated heterocycles. The molecule has 0 aliphatic carbocycles. The molecule has 112 valence electrons. The van der Waals surface area contributed by atoms with Crippen molar-refractivity contribution >= 4 is 11.8 Å². The summed E-state index contributed by atoms with van der Waals surface area (Å²) in [6, 6.07) is 8.91. The van der Waals surface area contributed by atoms with Gasteiger partial charge < -0.3 is 5.32 Å². The van der Waals surface area contributed by atoms with Gasteiger partial charge in [0.05, 0.1) is 0 Å². The Morgan fingerprint density at radius 3 is 2.75 bits per heavy atom. The number of benzene rings is 1. The monoisotopic (exact) mass is 291 g/mol. The van der Waals surface area contributed by atoms with E-state index in [2.05, 4.69) is 69.0 Å². The minimum absolute atomic E-state index is 0.425. The number of thioether (sulfide) groups is 1. The normalized spacial score (nSPS) is 20.9. The van der Waals surface area contributed by atoms with Crippen molar-refractivity contribution in [3.05, 3.63) is 29.8 Å². The maximum atomic E-state index is 3.66. The van der Waals surface area contributed by atoms with Gasteiger partial charge in [0.15, 0.2) is 0 Å². The van der Waals surface area contributed by atoms with E-state index in [-0.39, 0.29) is 0 Å². The van der Waals surface area contributed by atoms with Crippen molar-refractivity contribution < 1.29 is 0 Å². The summed E-state index contributed by atoms with van der Waals surface area (Å²) in [6.45, 7) is 11.6. The molecule has 0 radical (unpaired) electrons. The molecule has 1 aliphatic heterocycles. The van der Waals surface area contributed by atoms with Gasteiger partial charge in [0, 0.05) is 16.7 Å². The fourth-order valence-electron chi connectivity index (χ4n) is 2.92. The molecule has 1 nitrogen and oxygen atoms in total. The maximum absolute atomic E-state index is 3.66. The van der Waals surface area contributed by atoms with Crippen LogP contribution < -0.4 is 5.32 Å². The molecule has 2 unspecified atom stereocenters. The van der Waals surface area contributed by atoms with E-state index in [0.29, 0.717) is 5.41 Å². The van der Waals surface area contributed by atoms with Crippen molar-refractivity contribution in [2.75, 3.05) is 13.1 Å². The van der Waals surface area contributed by atoms with Crippen molar-refractivity contribution in [1.82, 2.24) is 5.32 Å². The van der Waals surface area contributed by atoms with Crippen molar-refractivity contribution in [2.45, 2.75) is 57.1 Å². The predicted molar refractivity (Wildman–Crippen MR) is 90.5 cm³/mol. The Labute approximate surface area is 128 Å². The average molecular weight is 292 g/mol. The SMILES string of the molecule is CCC(C)(CNCC(C)C)CC1Cc2ccccc2S1. The van der Waals surface area contributed by atoms with Crippen LogP contribution in [-0.4, -0.2) is 18.3 Å². The highest BCUT2D eigenvalue weighted by Crippen LogP contribution is 2.42. The molecule has 0 aromatic heterocycles. The Balaban J connectivity index is 1.88. The summed E-state index contributed by atoms with van der Waals surface area (Å²) in [5.74, 6) is 0.737. The van der Waals surface area contributed by atoms with Gasteiger partial charge in [-0.05, 0) is 48.8 Å². The van der Waals surface area contributed by atoms with Crippen LogP contribution in [0.15, 0.2) is 29.2 Å². The van der Waals surface area contributed by atoms with Gasteiger partial charge in [0.2, 0.25) is 0 Å². The van der Waals surface area contributed by atoms with Crippen LogP contribution in [0.1, 0.15) is 46.1 Å². The molecule has 2 atom stereocenters. The molecule has 1 N–H and O–H groups in total. The lowest BCUT2D eigenvalue weighted by Crippen LogP contribution is -2.35. The van der Waals surface area contributed by atoms with E-state index in [1.807, 2.05) is 0 Å².